The minimum atomic E-state index is -0.835. The molecule has 0 radical (unpaired) electrons. The van der Waals surface area contributed by atoms with E-state index in [1.54, 1.807) is 0 Å². The second kappa shape index (κ2) is 10.8. The van der Waals surface area contributed by atoms with Crippen LogP contribution in [0.4, 0.5) is 0 Å². The highest BCUT2D eigenvalue weighted by atomic mass is 16.7. The van der Waals surface area contributed by atoms with Crippen LogP contribution in [-0.2, 0) is 33.3 Å². The molecule has 10 nitrogen and oxygen atoms in total. The smallest absolute Gasteiger partial charge is 0.303 e. The Morgan fingerprint density at radius 2 is 1.96 bits per heavy atom. The normalized spacial score (nSPS) is 23.7. The molecule has 0 aromatic rings. The summed E-state index contributed by atoms with van der Waals surface area (Å²) in [4.78, 5) is 25.0. The van der Waals surface area contributed by atoms with Crippen molar-refractivity contribution in [2.75, 3.05) is 33.0 Å². The van der Waals surface area contributed by atoms with Crippen LogP contribution in [0.3, 0.4) is 0 Å². The molecule has 3 unspecified atom stereocenters. The van der Waals surface area contributed by atoms with E-state index in [9.17, 15) is 9.59 Å². The second-order valence-electron chi connectivity index (χ2n) is 4.69. The molecule has 23 heavy (non-hydrogen) atoms. The lowest BCUT2D eigenvalue weighted by Crippen LogP contribution is -2.50. The number of rotatable bonds is 9. The van der Waals surface area contributed by atoms with Crippen molar-refractivity contribution >= 4 is 11.9 Å². The molecule has 1 heterocycles. The maximum atomic E-state index is 11.2. The van der Waals surface area contributed by atoms with Crippen molar-refractivity contribution < 1.29 is 33.3 Å². The number of hydrogen-bond donors (Lipinski definition) is 0. The predicted octanol–water partition coefficient (Wildman–Crippen LogP) is 0.940. The molecular formula is C13H21N3O7. The Bertz CT molecular complexity index is 439. The molecule has 3 atom stereocenters. The van der Waals surface area contributed by atoms with Crippen molar-refractivity contribution in [3.05, 3.63) is 10.4 Å². The van der Waals surface area contributed by atoms with E-state index in [0.717, 1.165) is 0 Å². The number of esters is 2. The van der Waals surface area contributed by atoms with E-state index >= 15 is 0 Å². The van der Waals surface area contributed by atoms with E-state index in [4.69, 9.17) is 29.2 Å². The highest BCUT2D eigenvalue weighted by molar-refractivity contribution is 5.67. The van der Waals surface area contributed by atoms with Gasteiger partial charge in [0.1, 0.15) is 6.10 Å². The summed E-state index contributed by atoms with van der Waals surface area (Å²) in [5.74, 6) is -0.981. The van der Waals surface area contributed by atoms with Crippen LogP contribution in [-0.4, -0.2) is 63.4 Å². The molecule has 10 heteroatoms. The fourth-order valence-electron chi connectivity index (χ4n) is 2.02. The van der Waals surface area contributed by atoms with Crippen molar-refractivity contribution in [1.29, 1.82) is 0 Å². The standard InChI is InChI=1S/C13H21N3O7/c1-9(17)22-11-3-5-20-13(12(11)23-10(2)18)21-8-7-19-6-4-15-16-14/h11-13H,3-8H2,1-2H3. The average Bonchev–Trinajstić information content (AvgIpc) is 2.48. The fraction of sp³-hybridized carbons (Fsp3) is 0.846. The third-order valence-corrected chi connectivity index (χ3v) is 2.85. The number of carbonyl (C=O) groups excluding carboxylic acids is 2. The van der Waals surface area contributed by atoms with Gasteiger partial charge in [-0.25, -0.2) is 0 Å². The Morgan fingerprint density at radius 3 is 2.61 bits per heavy atom. The first-order chi connectivity index (χ1) is 11.0. The Morgan fingerprint density at radius 1 is 1.22 bits per heavy atom. The van der Waals surface area contributed by atoms with E-state index in [0.29, 0.717) is 13.0 Å². The third kappa shape index (κ3) is 7.80. The first kappa shape index (κ1) is 19.2. The molecule has 130 valence electrons. The Labute approximate surface area is 133 Å². The molecule has 1 fully saturated rings. The average molecular weight is 331 g/mol. The summed E-state index contributed by atoms with van der Waals surface area (Å²) in [5.41, 5.74) is 8.11. The number of azide groups is 1. The van der Waals surface area contributed by atoms with E-state index in [-0.39, 0.29) is 26.4 Å². The van der Waals surface area contributed by atoms with Crippen molar-refractivity contribution in [2.24, 2.45) is 5.11 Å². The molecule has 1 rings (SSSR count). The van der Waals surface area contributed by atoms with Crippen molar-refractivity contribution in [3.63, 3.8) is 0 Å². The molecule has 1 aliphatic heterocycles. The maximum absolute atomic E-state index is 11.2. The van der Waals surface area contributed by atoms with E-state index in [1.165, 1.54) is 13.8 Å². The molecular weight excluding hydrogens is 310 g/mol. The molecule has 0 N–H and O–H groups in total. The Balaban J connectivity index is 2.44. The summed E-state index contributed by atoms with van der Waals surface area (Å²) in [6.45, 7) is 3.82. The molecule has 0 aromatic heterocycles. The number of nitrogens with zero attached hydrogens (tertiary/aromatic N) is 3. The summed E-state index contributed by atoms with van der Waals surface area (Å²) in [5, 5.41) is 3.33. The lowest BCUT2D eigenvalue weighted by atomic mass is 10.1. The fourth-order valence-corrected chi connectivity index (χ4v) is 2.02. The van der Waals surface area contributed by atoms with Crippen LogP contribution in [0, 0.1) is 0 Å². The van der Waals surface area contributed by atoms with Gasteiger partial charge in [-0.1, -0.05) is 5.11 Å². The molecule has 0 aliphatic carbocycles. The maximum Gasteiger partial charge on any atom is 0.303 e. The molecule has 1 saturated heterocycles. The Hall–Kier alpha value is -1.87. The minimum absolute atomic E-state index is 0.186. The molecule has 0 saturated carbocycles. The molecule has 1 aliphatic rings. The lowest BCUT2D eigenvalue weighted by molar-refractivity contribution is -0.257. The van der Waals surface area contributed by atoms with E-state index in [1.807, 2.05) is 0 Å². The highest BCUT2D eigenvalue weighted by Crippen LogP contribution is 2.22. The summed E-state index contributed by atoms with van der Waals surface area (Å²) in [7, 11) is 0. The number of carbonyl (C=O) groups is 2. The largest absolute Gasteiger partial charge is 0.458 e. The van der Waals surface area contributed by atoms with Crippen molar-refractivity contribution in [1.82, 2.24) is 0 Å². The quantitative estimate of drug-likeness (QED) is 0.202. The van der Waals surface area contributed by atoms with Gasteiger partial charge in [0.25, 0.3) is 0 Å². The van der Waals surface area contributed by atoms with Gasteiger partial charge in [-0.2, -0.15) is 0 Å². The van der Waals surface area contributed by atoms with Crippen LogP contribution in [0.5, 0.6) is 0 Å². The molecule has 0 amide bonds. The van der Waals surface area contributed by atoms with Gasteiger partial charge < -0.3 is 23.7 Å². The van der Waals surface area contributed by atoms with Gasteiger partial charge in [-0.15, -0.1) is 0 Å². The minimum Gasteiger partial charge on any atom is -0.458 e. The zero-order valence-electron chi connectivity index (χ0n) is 13.2. The highest BCUT2D eigenvalue weighted by Gasteiger charge is 2.39. The van der Waals surface area contributed by atoms with Gasteiger partial charge >= 0.3 is 11.9 Å². The molecule has 0 bridgehead atoms. The zero-order valence-corrected chi connectivity index (χ0v) is 13.2. The first-order valence-corrected chi connectivity index (χ1v) is 7.21. The first-order valence-electron chi connectivity index (χ1n) is 7.21. The summed E-state index contributed by atoms with van der Waals surface area (Å²) >= 11 is 0. The van der Waals surface area contributed by atoms with Crippen molar-refractivity contribution in [2.45, 2.75) is 38.8 Å². The van der Waals surface area contributed by atoms with Crippen LogP contribution in [0.1, 0.15) is 20.3 Å². The molecule has 0 aromatic carbocycles. The van der Waals surface area contributed by atoms with Crippen LogP contribution >= 0.6 is 0 Å². The van der Waals surface area contributed by atoms with E-state index in [2.05, 4.69) is 10.0 Å². The van der Waals surface area contributed by atoms with Gasteiger partial charge in [0, 0.05) is 31.7 Å². The molecule has 0 spiro atoms. The topological polar surface area (TPSA) is 129 Å². The zero-order chi connectivity index (χ0) is 17.1. The SMILES string of the molecule is CC(=O)OC1CCOC(OCCOCCN=[N+]=[N-])C1OC(C)=O. The van der Waals surface area contributed by atoms with Crippen LogP contribution in [0.15, 0.2) is 5.11 Å². The second-order valence-corrected chi connectivity index (χ2v) is 4.69. The number of ether oxygens (including phenoxy) is 5. The van der Waals surface area contributed by atoms with Gasteiger partial charge in [0.2, 0.25) is 0 Å². The van der Waals surface area contributed by atoms with Gasteiger partial charge in [-0.3, -0.25) is 9.59 Å². The Kier molecular flexibility index (Phi) is 9.00. The summed E-state index contributed by atoms with van der Waals surface area (Å²) in [6, 6.07) is 0. The van der Waals surface area contributed by atoms with Gasteiger partial charge in [0.05, 0.1) is 26.4 Å². The van der Waals surface area contributed by atoms with Gasteiger partial charge in [0.15, 0.2) is 12.4 Å². The predicted molar refractivity (Wildman–Crippen MR) is 76.2 cm³/mol. The third-order valence-electron chi connectivity index (χ3n) is 2.85. The van der Waals surface area contributed by atoms with E-state index < -0.39 is 30.4 Å². The van der Waals surface area contributed by atoms with Gasteiger partial charge in [-0.05, 0) is 5.53 Å². The lowest BCUT2D eigenvalue weighted by Gasteiger charge is -2.36. The summed E-state index contributed by atoms with van der Waals surface area (Å²) < 4.78 is 26.4. The van der Waals surface area contributed by atoms with Crippen molar-refractivity contribution in [3.8, 4) is 0 Å². The number of hydrogen-bond acceptors (Lipinski definition) is 8. The monoisotopic (exact) mass is 331 g/mol. The summed E-state index contributed by atoms with van der Waals surface area (Å²) in [6.07, 6.45) is -1.85. The van der Waals surface area contributed by atoms with Crippen LogP contribution in [0.2, 0.25) is 0 Å². The van der Waals surface area contributed by atoms with Crippen LogP contribution < -0.4 is 0 Å². The van der Waals surface area contributed by atoms with Crippen LogP contribution in [0.25, 0.3) is 10.4 Å².